The average Bonchev–Trinajstić information content (AvgIpc) is 3.57. The van der Waals surface area contributed by atoms with Crippen LogP contribution in [0.5, 0.6) is 0 Å². The van der Waals surface area contributed by atoms with Crippen LogP contribution in [0.2, 0.25) is 5.02 Å². The van der Waals surface area contributed by atoms with Gasteiger partial charge in [-0.2, -0.15) is 0 Å². The number of aromatic nitrogens is 1. The van der Waals surface area contributed by atoms with E-state index in [-0.39, 0.29) is 38.5 Å². The number of hydrogen-bond acceptors (Lipinski definition) is 7. The molecule has 2 aliphatic rings. The number of carbonyl (C=O) groups excluding carboxylic acids is 1. The number of halogens is 1. The Hall–Kier alpha value is -0.826. The van der Waals surface area contributed by atoms with Crippen LogP contribution in [-0.2, 0) is 39.1 Å². The Balaban J connectivity index is 0.00000370. The summed E-state index contributed by atoms with van der Waals surface area (Å²) < 4.78 is 0. The number of hydrogen-bond donors (Lipinski definition) is 0. The fourth-order valence-electron chi connectivity index (χ4n) is 6.17. The van der Waals surface area contributed by atoms with Gasteiger partial charge in [0.05, 0.1) is 16.3 Å². The van der Waals surface area contributed by atoms with E-state index < -0.39 is 0 Å². The number of nitrogens with zero attached hydrogens (tertiary/aromatic N) is 4. The Morgan fingerprint density at radius 1 is 1.05 bits per heavy atom. The van der Waals surface area contributed by atoms with Crippen molar-refractivity contribution < 1.29 is 37.5 Å². The van der Waals surface area contributed by atoms with E-state index in [1.165, 1.54) is 37.1 Å². The molecule has 0 amide bonds. The maximum Gasteiger partial charge on any atom is 0.169 e. The molecule has 2 fully saturated rings. The van der Waals surface area contributed by atoms with E-state index in [9.17, 15) is 4.79 Å². The molecule has 0 atom stereocenters. The van der Waals surface area contributed by atoms with Gasteiger partial charge in [0, 0.05) is 81.6 Å². The van der Waals surface area contributed by atoms with E-state index >= 15 is 0 Å². The summed E-state index contributed by atoms with van der Waals surface area (Å²) in [5.41, 5.74) is 4.98. The van der Waals surface area contributed by atoms with Crippen molar-refractivity contribution in [1.82, 2.24) is 9.88 Å². The monoisotopic (exact) mass is 671 g/mol. The first-order valence-electron chi connectivity index (χ1n) is 14.1. The fraction of sp³-hybridized carbons (Fsp3) is 0.484. The third-order valence-corrected chi connectivity index (χ3v) is 10.5. The van der Waals surface area contributed by atoms with E-state index in [4.69, 9.17) is 16.6 Å². The van der Waals surface area contributed by atoms with Crippen LogP contribution < -0.4 is 9.80 Å². The first-order chi connectivity index (χ1) is 18.9. The summed E-state index contributed by atoms with van der Waals surface area (Å²) >= 11 is 9.60. The maximum atomic E-state index is 13.5. The van der Waals surface area contributed by atoms with Crippen LogP contribution in [0.4, 0.5) is 10.7 Å². The molecule has 1 aromatic carbocycles. The number of Topliss-reactive ketones (excluding diaryl/α,β-unsaturated/α-hetero) is 1. The van der Waals surface area contributed by atoms with Gasteiger partial charge in [-0.05, 0) is 56.0 Å². The molecule has 9 heteroatoms. The molecule has 1 radical (unpaired) electrons. The summed E-state index contributed by atoms with van der Waals surface area (Å²) in [5.74, 6) is 0.0988. The van der Waals surface area contributed by atoms with Crippen LogP contribution in [0.1, 0.15) is 58.6 Å². The van der Waals surface area contributed by atoms with Crippen molar-refractivity contribution in [2.45, 2.75) is 58.4 Å². The van der Waals surface area contributed by atoms with Gasteiger partial charge in [0.2, 0.25) is 0 Å². The summed E-state index contributed by atoms with van der Waals surface area (Å²) in [5, 5.41) is 4.72. The first kappa shape index (κ1) is 32.1. The Morgan fingerprint density at radius 3 is 2.27 bits per heavy atom. The number of carbonyl (C=O) groups is 1. The fourth-order valence-corrected chi connectivity index (χ4v) is 8.43. The molecule has 213 valence electrons. The molecule has 3 aromatic rings. The minimum atomic E-state index is 0. The minimum absolute atomic E-state index is 0. The van der Waals surface area contributed by atoms with Gasteiger partial charge in [0.15, 0.2) is 5.78 Å². The van der Waals surface area contributed by atoms with Crippen LogP contribution in [0.3, 0.4) is 0 Å². The van der Waals surface area contributed by atoms with E-state index in [2.05, 4.69) is 42.4 Å². The van der Waals surface area contributed by atoms with Crippen molar-refractivity contribution in [3.05, 3.63) is 64.1 Å². The Bertz CT molecular complexity index is 1270. The van der Waals surface area contributed by atoms with Crippen LogP contribution >= 0.6 is 34.3 Å². The molecule has 5 nitrogen and oxygen atoms in total. The van der Waals surface area contributed by atoms with Gasteiger partial charge in [-0.1, -0.05) is 30.9 Å². The zero-order valence-electron chi connectivity index (χ0n) is 23.8. The molecular weight excluding hydrogens is 633 g/mol. The molecule has 1 aliphatic carbocycles. The summed E-state index contributed by atoms with van der Waals surface area (Å²) in [7, 11) is 0. The predicted octanol–water partition coefficient (Wildman–Crippen LogP) is 7.49. The predicted molar refractivity (Wildman–Crippen MR) is 168 cm³/mol. The quantitative estimate of drug-likeness (QED) is 0.174. The molecular formula is C31H39ClN4OS2Y-2. The number of ketones is 1. The van der Waals surface area contributed by atoms with Crippen LogP contribution in [-0.4, -0.2) is 61.0 Å². The van der Waals surface area contributed by atoms with Gasteiger partial charge in [0.25, 0.3) is 0 Å². The average molecular weight is 672 g/mol. The minimum Gasteiger partial charge on any atom is -0.431 e. The molecule has 5 rings (SSSR count). The molecule has 1 saturated heterocycles. The second-order valence-electron chi connectivity index (χ2n) is 10.8. The number of thiophene rings is 1. The van der Waals surface area contributed by atoms with Gasteiger partial charge >= 0.3 is 0 Å². The normalized spacial score (nSPS) is 16.7. The van der Waals surface area contributed by atoms with Crippen molar-refractivity contribution in [3.8, 4) is 10.6 Å². The Morgan fingerprint density at radius 2 is 1.70 bits per heavy atom. The Kier molecular flexibility index (Phi) is 11.7. The van der Waals surface area contributed by atoms with Gasteiger partial charge in [-0.25, -0.2) is 4.98 Å². The van der Waals surface area contributed by atoms with Crippen molar-refractivity contribution in [2.24, 2.45) is 0 Å². The standard InChI is InChI=1S/C31H39ClN4OS2.Y/c1-5-34(6-2)30-21(3)16-23(17-22(30)4)26(37)19-28-33-29(27-18-24(32)20-38-27)31(39-28)36-14-12-35(13-15-36)25-10-8-7-9-11-25;/h16-18,20,25H,1-2,5-15,19H2,3-4H3;/q-2;. The van der Waals surface area contributed by atoms with Gasteiger partial charge in [0.1, 0.15) is 15.7 Å². The van der Waals surface area contributed by atoms with E-state index in [0.29, 0.717) is 19.5 Å². The van der Waals surface area contributed by atoms with Crippen molar-refractivity contribution in [2.75, 3.05) is 49.1 Å². The molecule has 2 aromatic heterocycles. The number of piperazine rings is 1. The van der Waals surface area contributed by atoms with Crippen molar-refractivity contribution in [1.29, 1.82) is 0 Å². The largest absolute Gasteiger partial charge is 0.431 e. The van der Waals surface area contributed by atoms with Gasteiger partial charge < -0.3 is 23.6 Å². The Labute approximate surface area is 278 Å². The molecule has 40 heavy (non-hydrogen) atoms. The van der Waals surface area contributed by atoms with Crippen molar-refractivity contribution in [3.63, 3.8) is 0 Å². The summed E-state index contributed by atoms with van der Waals surface area (Å²) in [6, 6.07) is 6.75. The molecule has 1 aliphatic heterocycles. The van der Waals surface area contributed by atoms with Gasteiger partial charge in [-0.15, -0.1) is 35.8 Å². The number of anilines is 2. The summed E-state index contributed by atoms with van der Waals surface area (Å²) in [4.78, 5) is 26.9. The number of aryl methyl sites for hydroxylation is 2. The van der Waals surface area contributed by atoms with Crippen LogP contribution in [0.15, 0.2) is 23.6 Å². The summed E-state index contributed by atoms with van der Waals surface area (Å²) in [6.45, 7) is 17.6. The first-order valence-corrected chi connectivity index (χ1v) is 16.2. The molecule has 0 spiro atoms. The van der Waals surface area contributed by atoms with Crippen LogP contribution in [0.25, 0.3) is 10.6 Å². The second-order valence-corrected chi connectivity index (χ2v) is 13.2. The van der Waals surface area contributed by atoms with E-state index in [1.54, 1.807) is 22.7 Å². The zero-order chi connectivity index (χ0) is 27.5. The molecule has 0 bridgehead atoms. The zero-order valence-corrected chi connectivity index (χ0v) is 29.0. The summed E-state index contributed by atoms with van der Waals surface area (Å²) in [6.07, 6.45) is 7.10. The third-order valence-electron chi connectivity index (χ3n) is 8.13. The number of thiazole rings is 1. The molecule has 1 saturated carbocycles. The van der Waals surface area contributed by atoms with E-state index in [0.717, 1.165) is 75.2 Å². The maximum absolute atomic E-state index is 13.5. The van der Waals surface area contributed by atoms with Gasteiger partial charge in [-0.3, -0.25) is 9.69 Å². The molecule has 0 unspecified atom stereocenters. The van der Waals surface area contributed by atoms with Crippen molar-refractivity contribution >= 4 is 50.7 Å². The number of benzene rings is 1. The third kappa shape index (κ3) is 7.20. The second kappa shape index (κ2) is 14.6. The van der Waals surface area contributed by atoms with E-state index in [1.807, 2.05) is 23.6 Å². The smallest absolute Gasteiger partial charge is 0.169 e. The number of rotatable bonds is 9. The van der Waals surface area contributed by atoms with Crippen LogP contribution in [0, 0.1) is 27.7 Å². The molecule has 0 N–H and O–H groups in total. The SMILES string of the molecule is [CH2-]CN(C[CH2-])c1c(C)cc(C(=O)Cc2nc(-c3cc(Cl)cs3)c(N3CCN(C4CCCCC4)CC3)s2)cc1C.[Y]. The topological polar surface area (TPSA) is 39.7 Å². The molecule has 3 heterocycles.